The Morgan fingerprint density at radius 3 is 2.79 bits per heavy atom. The van der Waals surface area contributed by atoms with Crippen LogP contribution < -0.4 is 15.4 Å². The maximum atomic E-state index is 13.0. The molecule has 34 heavy (non-hydrogen) atoms. The Morgan fingerprint density at radius 2 is 2.00 bits per heavy atom. The van der Waals surface area contributed by atoms with Crippen molar-refractivity contribution >= 4 is 61.9 Å². The van der Waals surface area contributed by atoms with Gasteiger partial charge in [0.1, 0.15) is 5.75 Å². The Bertz CT molecular complexity index is 1250. The highest BCUT2D eigenvalue weighted by Crippen LogP contribution is 2.36. The van der Waals surface area contributed by atoms with Crippen LogP contribution in [0, 0.1) is 5.92 Å². The summed E-state index contributed by atoms with van der Waals surface area (Å²) < 4.78 is 6.48. The van der Waals surface area contributed by atoms with E-state index in [-0.39, 0.29) is 23.6 Å². The highest BCUT2D eigenvalue weighted by atomic mass is 32.2. The molecule has 5 rings (SSSR count). The molecule has 176 valence electrons. The number of carbonyl (C=O) groups excluding carboxylic acids is 3. The summed E-state index contributed by atoms with van der Waals surface area (Å²) in [6.45, 7) is 3.41. The molecule has 3 aromatic rings. The van der Waals surface area contributed by atoms with Crippen molar-refractivity contribution in [1.82, 2.24) is 9.88 Å². The number of amides is 3. The second-order valence-electron chi connectivity index (χ2n) is 8.15. The highest BCUT2D eigenvalue weighted by molar-refractivity contribution is 8.01. The molecule has 0 unspecified atom stereocenters. The normalized spacial score (nSPS) is 18.3. The van der Waals surface area contributed by atoms with Crippen LogP contribution in [0.5, 0.6) is 5.75 Å². The van der Waals surface area contributed by atoms with E-state index in [1.54, 1.807) is 4.90 Å². The predicted molar refractivity (Wildman–Crippen MR) is 133 cm³/mol. The lowest BCUT2D eigenvalue weighted by atomic mass is 9.95. The fourth-order valence-corrected chi connectivity index (χ4v) is 6.13. The van der Waals surface area contributed by atoms with Crippen LogP contribution in [-0.2, 0) is 14.4 Å². The molecule has 0 aliphatic carbocycles. The number of thioether (sulfide) groups is 1. The van der Waals surface area contributed by atoms with Gasteiger partial charge < -0.3 is 20.3 Å². The standard InChI is InChI=1S/C24H24N4O4S2/c1-2-32-15-7-8-17-19(13-15)34-24(26-17)27-21(29)14-9-11-28(12-10-14)23(31)20-22(30)25-16-5-3-4-6-18(16)33-20/h3-8,13-14,20H,2,9-12H2,1H3,(H,25,30)(H,26,27,29)/t20-/m1/s1. The van der Waals surface area contributed by atoms with Crippen LogP contribution in [0.4, 0.5) is 10.8 Å². The second-order valence-corrected chi connectivity index (χ2v) is 10.3. The van der Waals surface area contributed by atoms with E-state index < -0.39 is 5.25 Å². The van der Waals surface area contributed by atoms with E-state index in [0.717, 1.165) is 26.5 Å². The predicted octanol–water partition coefficient (Wildman–Crippen LogP) is 3.99. The number of anilines is 2. The molecule has 2 N–H and O–H groups in total. The summed E-state index contributed by atoms with van der Waals surface area (Å²) in [4.78, 5) is 45.5. The van der Waals surface area contributed by atoms with Crippen molar-refractivity contribution in [3.8, 4) is 5.75 Å². The van der Waals surface area contributed by atoms with Crippen molar-refractivity contribution < 1.29 is 19.1 Å². The molecule has 1 fully saturated rings. The molecule has 8 nitrogen and oxygen atoms in total. The molecule has 1 aromatic heterocycles. The summed E-state index contributed by atoms with van der Waals surface area (Å²) in [6, 6.07) is 13.1. The van der Waals surface area contributed by atoms with Gasteiger partial charge in [-0.25, -0.2) is 4.98 Å². The van der Waals surface area contributed by atoms with Gasteiger partial charge in [-0.2, -0.15) is 0 Å². The zero-order valence-corrected chi connectivity index (χ0v) is 20.2. The topological polar surface area (TPSA) is 101 Å². The van der Waals surface area contributed by atoms with E-state index >= 15 is 0 Å². The number of benzene rings is 2. The van der Waals surface area contributed by atoms with Gasteiger partial charge >= 0.3 is 0 Å². The first-order valence-electron chi connectivity index (χ1n) is 11.2. The Labute approximate surface area is 205 Å². The summed E-state index contributed by atoms with van der Waals surface area (Å²) >= 11 is 2.70. The molecule has 0 bridgehead atoms. The monoisotopic (exact) mass is 496 g/mol. The van der Waals surface area contributed by atoms with Gasteiger partial charge in [-0.05, 0) is 50.1 Å². The SMILES string of the molecule is CCOc1ccc2nc(NC(=O)C3CCN(C(=O)[C@@H]4Sc5ccccc5NC4=O)CC3)sc2c1. The third-order valence-electron chi connectivity index (χ3n) is 5.93. The lowest BCUT2D eigenvalue weighted by Crippen LogP contribution is -2.48. The zero-order valence-electron chi connectivity index (χ0n) is 18.6. The maximum absolute atomic E-state index is 13.0. The van der Waals surface area contributed by atoms with Crippen LogP contribution in [-0.4, -0.2) is 52.6 Å². The summed E-state index contributed by atoms with van der Waals surface area (Å²) in [5.41, 5.74) is 1.55. The summed E-state index contributed by atoms with van der Waals surface area (Å²) in [6.07, 6.45) is 1.10. The van der Waals surface area contributed by atoms with E-state index in [1.165, 1.54) is 23.1 Å². The summed E-state index contributed by atoms with van der Waals surface area (Å²) in [5.74, 6) is -0.00981. The molecule has 10 heteroatoms. The van der Waals surface area contributed by atoms with Crippen LogP contribution in [0.1, 0.15) is 19.8 Å². The molecule has 0 saturated carbocycles. The van der Waals surface area contributed by atoms with Gasteiger partial charge in [0, 0.05) is 23.9 Å². The summed E-state index contributed by atoms with van der Waals surface area (Å²) in [5, 5.41) is 5.51. The molecule has 2 aliphatic rings. The first-order valence-corrected chi connectivity index (χ1v) is 12.9. The fourth-order valence-electron chi connectivity index (χ4n) is 4.16. The number of thiazole rings is 1. The molecule has 3 amide bonds. The number of hydrogen-bond acceptors (Lipinski definition) is 7. The van der Waals surface area contributed by atoms with Gasteiger partial charge in [0.2, 0.25) is 17.7 Å². The van der Waals surface area contributed by atoms with Gasteiger partial charge in [-0.3, -0.25) is 14.4 Å². The van der Waals surface area contributed by atoms with Gasteiger partial charge in [-0.15, -0.1) is 11.8 Å². The van der Waals surface area contributed by atoms with Gasteiger partial charge in [0.25, 0.3) is 0 Å². The third-order valence-corrected chi connectivity index (χ3v) is 8.13. The van der Waals surface area contributed by atoms with Crippen LogP contribution in [0.3, 0.4) is 0 Å². The first-order chi connectivity index (χ1) is 16.5. The molecule has 0 spiro atoms. The van der Waals surface area contributed by atoms with Crippen LogP contribution in [0.25, 0.3) is 10.2 Å². The number of rotatable bonds is 5. The molecule has 2 aromatic carbocycles. The molecule has 1 atom stereocenters. The molecule has 2 aliphatic heterocycles. The Kier molecular flexibility index (Phi) is 6.42. The number of nitrogens with zero attached hydrogens (tertiary/aromatic N) is 2. The Morgan fingerprint density at radius 1 is 1.21 bits per heavy atom. The lowest BCUT2D eigenvalue weighted by molar-refractivity contribution is -0.136. The molecular weight excluding hydrogens is 472 g/mol. The van der Waals surface area contributed by atoms with Crippen molar-refractivity contribution in [2.24, 2.45) is 5.92 Å². The van der Waals surface area contributed by atoms with Crippen LogP contribution in [0.2, 0.25) is 0 Å². The van der Waals surface area contributed by atoms with Crippen molar-refractivity contribution in [2.75, 3.05) is 30.3 Å². The number of para-hydroxylation sites is 1. The van der Waals surface area contributed by atoms with Gasteiger partial charge in [0.05, 0.1) is 22.5 Å². The Hall–Kier alpha value is -3.11. The third kappa shape index (κ3) is 4.60. The Balaban J connectivity index is 1.17. The van der Waals surface area contributed by atoms with Gasteiger partial charge in [-0.1, -0.05) is 23.5 Å². The molecule has 3 heterocycles. The summed E-state index contributed by atoms with van der Waals surface area (Å²) in [7, 11) is 0. The smallest absolute Gasteiger partial charge is 0.247 e. The number of aromatic nitrogens is 1. The van der Waals surface area contributed by atoms with Crippen LogP contribution in [0.15, 0.2) is 47.4 Å². The number of piperidine rings is 1. The minimum absolute atomic E-state index is 0.0881. The van der Waals surface area contributed by atoms with E-state index in [2.05, 4.69) is 15.6 Å². The number of fused-ring (bicyclic) bond motifs is 2. The molecular formula is C24H24N4O4S2. The largest absolute Gasteiger partial charge is 0.494 e. The van der Waals surface area contributed by atoms with Crippen molar-refractivity contribution in [1.29, 1.82) is 0 Å². The molecule has 1 saturated heterocycles. The molecule has 0 radical (unpaired) electrons. The fraction of sp³-hybridized carbons (Fsp3) is 0.333. The quantitative estimate of drug-likeness (QED) is 0.518. The first kappa shape index (κ1) is 22.7. The number of hydrogen-bond donors (Lipinski definition) is 2. The van der Waals surface area contributed by atoms with E-state index in [0.29, 0.717) is 37.7 Å². The number of likely N-dealkylation sites (tertiary alicyclic amines) is 1. The van der Waals surface area contributed by atoms with Crippen molar-refractivity contribution in [3.63, 3.8) is 0 Å². The highest BCUT2D eigenvalue weighted by Gasteiger charge is 2.37. The number of ether oxygens (including phenoxy) is 1. The minimum atomic E-state index is -0.801. The lowest BCUT2D eigenvalue weighted by Gasteiger charge is -2.34. The van der Waals surface area contributed by atoms with E-state index in [9.17, 15) is 14.4 Å². The van der Waals surface area contributed by atoms with E-state index in [1.807, 2.05) is 49.4 Å². The number of carbonyl (C=O) groups is 3. The van der Waals surface area contributed by atoms with Crippen molar-refractivity contribution in [3.05, 3.63) is 42.5 Å². The van der Waals surface area contributed by atoms with Crippen LogP contribution >= 0.6 is 23.1 Å². The second kappa shape index (κ2) is 9.63. The minimum Gasteiger partial charge on any atom is -0.494 e. The average Bonchev–Trinajstić information content (AvgIpc) is 3.25. The van der Waals surface area contributed by atoms with E-state index in [4.69, 9.17) is 4.74 Å². The van der Waals surface area contributed by atoms with Crippen molar-refractivity contribution in [2.45, 2.75) is 29.9 Å². The average molecular weight is 497 g/mol. The maximum Gasteiger partial charge on any atom is 0.247 e. The number of nitrogens with one attached hydrogen (secondary N) is 2. The zero-order chi connectivity index (χ0) is 23.7. The van der Waals surface area contributed by atoms with Gasteiger partial charge in [0.15, 0.2) is 10.4 Å².